The highest BCUT2D eigenvalue weighted by atomic mass is 16.6. The van der Waals surface area contributed by atoms with Crippen LogP contribution in [0, 0.1) is 11.3 Å². The maximum Gasteiger partial charge on any atom is 0.412 e. The van der Waals surface area contributed by atoms with E-state index in [1.807, 2.05) is 26.2 Å². The van der Waals surface area contributed by atoms with E-state index in [2.05, 4.69) is 10.2 Å². The van der Waals surface area contributed by atoms with Gasteiger partial charge in [0.05, 0.1) is 19.1 Å². The summed E-state index contributed by atoms with van der Waals surface area (Å²) in [5.74, 6) is 0.306. The third-order valence-electron chi connectivity index (χ3n) is 7.43. The SMILES string of the molecule is COC(=O)CC1(CNC(=O)Oc2cccc(C3(O)CCCCC3CN(C)C)c2)CCCCC1. The Morgan fingerprint density at radius 1 is 1.12 bits per heavy atom. The van der Waals surface area contributed by atoms with Gasteiger partial charge in [0.2, 0.25) is 0 Å². The molecule has 2 aliphatic carbocycles. The fourth-order valence-corrected chi connectivity index (χ4v) is 5.62. The van der Waals surface area contributed by atoms with Gasteiger partial charge in [-0.15, -0.1) is 0 Å². The van der Waals surface area contributed by atoms with E-state index >= 15 is 0 Å². The predicted molar refractivity (Wildman–Crippen MR) is 127 cm³/mol. The second-order valence-corrected chi connectivity index (χ2v) is 10.2. The summed E-state index contributed by atoms with van der Waals surface area (Å²) in [6, 6.07) is 7.28. The first kappa shape index (κ1) is 25.5. The van der Waals surface area contributed by atoms with Crippen LogP contribution in [0.15, 0.2) is 24.3 Å². The lowest BCUT2D eigenvalue weighted by Gasteiger charge is -2.41. The van der Waals surface area contributed by atoms with Gasteiger partial charge in [-0.1, -0.05) is 44.2 Å². The third-order valence-corrected chi connectivity index (χ3v) is 7.43. The number of hydrogen-bond donors (Lipinski definition) is 2. The number of esters is 1. The van der Waals surface area contributed by atoms with E-state index in [0.717, 1.165) is 63.5 Å². The minimum absolute atomic E-state index is 0.134. The minimum Gasteiger partial charge on any atom is -0.469 e. The van der Waals surface area contributed by atoms with Crippen molar-refractivity contribution >= 4 is 12.1 Å². The van der Waals surface area contributed by atoms with Crippen molar-refractivity contribution in [3.63, 3.8) is 0 Å². The second kappa shape index (κ2) is 11.3. The summed E-state index contributed by atoms with van der Waals surface area (Å²) in [6.45, 7) is 1.19. The zero-order valence-electron chi connectivity index (χ0n) is 20.4. The van der Waals surface area contributed by atoms with Crippen LogP contribution in [0.4, 0.5) is 4.79 Å². The molecule has 2 fully saturated rings. The van der Waals surface area contributed by atoms with E-state index in [1.165, 1.54) is 7.11 Å². The number of carbonyl (C=O) groups excluding carboxylic acids is 2. The number of rotatable bonds is 8. The number of ether oxygens (including phenoxy) is 2. The van der Waals surface area contributed by atoms with Crippen molar-refractivity contribution in [3.05, 3.63) is 29.8 Å². The largest absolute Gasteiger partial charge is 0.469 e. The Kier molecular flexibility index (Phi) is 8.76. The molecule has 0 aliphatic heterocycles. The molecular formula is C26H40N2O5. The Bertz CT molecular complexity index is 806. The van der Waals surface area contributed by atoms with Crippen LogP contribution in [-0.4, -0.2) is 56.4 Å². The Morgan fingerprint density at radius 3 is 2.55 bits per heavy atom. The number of methoxy groups -OCH3 is 1. The standard InChI is InChI=1S/C26H40N2O5/c1-28(2)18-21-10-5-8-15-26(21,31)20-11-9-12-22(16-20)33-24(30)27-19-25(17-23(29)32-3)13-6-4-7-14-25/h9,11-12,16,21,31H,4-8,10,13-15,17-19H2,1-3H3,(H,27,30). The highest BCUT2D eigenvalue weighted by Crippen LogP contribution is 2.43. The van der Waals surface area contributed by atoms with E-state index < -0.39 is 11.7 Å². The fraction of sp³-hybridized carbons (Fsp3) is 0.692. The summed E-state index contributed by atoms with van der Waals surface area (Å²) in [7, 11) is 5.45. The van der Waals surface area contributed by atoms with Gasteiger partial charge < -0.3 is 24.8 Å². The van der Waals surface area contributed by atoms with Crippen molar-refractivity contribution in [2.45, 2.75) is 69.8 Å². The molecule has 0 aromatic heterocycles. The van der Waals surface area contributed by atoms with Gasteiger partial charge in [-0.25, -0.2) is 4.79 Å². The first-order chi connectivity index (χ1) is 15.8. The lowest BCUT2D eigenvalue weighted by Crippen LogP contribution is -2.43. The molecule has 2 saturated carbocycles. The highest BCUT2D eigenvalue weighted by Gasteiger charge is 2.41. The van der Waals surface area contributed by atoms with Crippen molar-refractivity contribution in [3.8, 4) is 5.75 Å². The minimum atomic E-state index is -0.926. The molecule has 0 bridgehead atoms. The van der Waals surface area contributed by atoms with Gasteiger partial charge in [0.15, 0.2) is 0 Å². The number of carbonyl (C=O) groups is 2. The number of nitrogens with one attached hydrogen (secondary N) is 1. The summed E-state index contributed by atoms with van der Waals surface area (Å²) in [5, 5.41) is 14.5. The van der Waals surface area contributed by atoms with E-state index in [4.69, 9.17) is 9.47 Å². The summed E-state index contributed by atoms with van der Waals surface area (Å²) in [6.07, 6.45) is 8.56. The molecule has 1 aromatic carbocycles. The lowest BCUT2D eigenvalue weighted by molar-refractivity contribution is -0.144. The smallest absolute Gasteiger partial charge is 0.412 e. The normalized spacial score (nSPS) is 24.8. The Morgan fingerprint density at radius 2 is 1.85 bits per heavy atom. The summed E-state index contributed by atoms with van der Waals surface area (Å²) in [4.78, 5) is 26.7. The van der Waals surface area contributed by atoms with E-state index in [0.29, 0.717) is 25.1 Å². The molecule has 2 atom stereocenters. The predicted octanol–water partition coefficient (Wildman–Crippen LogP) is 4.23. The van der Waals surface area contributed by atoms with Crippen LogP contribution < -0.4 is 10.1 Å². The van der Waals surface area contributed by atoms with Gasteiger partial charge in [-0.3, -0.25) is 4.79 Å². The molecule has 0 spiro atoms. The summed E-state index contributed by atoms with van der Waals surface area (Å²) in [5.41, 5.74) is -0.401. The van der Waals surface area contributed by atoms with Gasteiger partial charge in [-0.2, -0.15) is 0 Å². The van der Waals surface area contributed by atoms with Crippen molar-refractivity contribution in [2.75, 3.05) is 34.3 Å². The molecular weight excluding hydrogens is 420 g/mol. The molecule has 2 unspecified atom stereocenters. The summed E-state index contributed by atoms with van der Waals surface area (Å²) >= 11 is 0. The zero-order valence-corrected chi connectivity index (χ0v) is 20.4. The van der Waals surface area contributed by atoms with E-state index in [-0.39, 0.29) is 17.3 Å². The average molecular weight is 461 g/mol. The molecule has 7 heteroatoms. The van der Waals surface area contributed by atoms with Crippen LogP contribution in [0.3, 0.4) is 0 Å². The highest BCUT2D eigenvalue weighted by molar-refractivity contribution is 5.72. The summed E-state index contributed by atoms with van der Waals surface area (Å²) < 4.78 is 10.5. The van der Waals surface area contributed by atoms with Crippen LogP contribution in [0.2, 0.25) is 0 Å². The third kappa shape index (κ3) is 6.70. The van der Waals surface area contributed by atoms with Crippen LogP contribution in [0.5, 0.6) is 5.75 Å². The van der Waals surface area contributed by atoms with Crippen LogP contribution in [-0.2, 0) is 15.1 Å². The molecule has 3 rings (SSSR count). The average Bonchev–Trinajstić information content (AvgIpc) is 2.80. The van der Waals surface area contributed by atoms with Crippen molar-refractivity contribution < 1.29 is 24.2 Å². The van der Waals surface area contributed by atoms with Gasteiger partial charge in [0.25, 0.3) is 0 Å². The molecule has 0 heterocycles. The Labute approximate surface area is 197 Å². The quantitative estimate of drug-likeness (QED) is 0.565. The fourth-order valence-electron chi connectivity index (χ4n) is 5.62. The van der Waals surface area contributed by atoms with E-state index in [9.17, 15) is 14.7 Å². The van der Waals surface area contributed by atoms with Gasteiger partial charge in [0, 0.05) is 19.0 Å². The number of amides is 1. The Balaban J connectivity index is 1.65. The van der Waals surface area contributed by atoms with Gasteiger partial charge >= 0.3 is 12.1 Å². The van der Waals surface area contributed by atoms with E-state index in [1.54, 1.807) is 12.1 Å². The number of nitrogens with zero attached hydrogens (tertiary/aromatic N) is 1. The first-order valence-electron chi connectivity index (χ1n) is 12.3. The first-order valence-corrected chi connectivity index (χ1v) is 12.3. The second-order valence-electron chi connectivity index (χ2n) is 10.2. The van der Waals surface area contributed by atoms with Crippen molar-refractivity contribution in [1.82, 2.24) is 10.2 Å². The van der Waals surface area contributed by atoms with Crippen molar-refractivity contribution in [2.24, 2.45) is 11.3 Å². The zero-order chi connectivity index (χ0) is 23.9. The Hall–Kier alpha value is -2.12. The topological polar surface area (TPSA) is 88.1 Å². The molecule has 184 valence electrons. The van der Waals surface area contributed by atoms with Crippen LogP contribution in [0.1, 0.15) is 69.8 Å². The number of benzene rings is 1. The van der Waals surface area contributed by atoms with Gasteiger partial charge in [-0.05, 0) is 62.9 Å². The molecule has 2 aliphatic rings. The van der Waals surface area contributed by atoms with Crippen LogP contribution in [0.25, 0.3) is 0 Å². The molecule has 1 amide bonds. The van der Waals surface area contributed by atoms with Crippen LogP contribution >= 0.6 is 0 Å². The number of hydrogen-bond acceptors (Lipinski definition) is 6. The molecule has 2 N–H and O–H groups in total. The molecule has 33 heavy (non-hydrogen) atoms. The van der Waals surface area contributed by atoms with Crippen molar-refractivity contribution in [1.29, 1.82) is 0 Å². The maximum absolute atomic E-state index is 12.6. The number of aliphatic hydroxyl groups is 1. The van der Waals surface area contributed by atoms with Gasteiger partial charge in [0.1, 0.15) is 5.75 Å². The molecule has 1 aromatic rings. The molecule has 0 radical (unpaired) electrons. The molecule has 0 saturated heterocycles. The lowest BCUT2D eigenvalue weighted by atomic mass is 9.71. The molecule has 7 nitrogen and oxygen atoms in total. The monoisotopic (exact) mass is 460 g/mol. The maximum atomic E-state index is 12.6.